The SMILES string of the molecule is CCCC(C)NC(=O)C(c1ccc(O)c(C)c1)N(CC#N)C(=O)C(CCSC)NC(=O)OC(C)(C)C. The van der Waals surface area contributed by atoms with Crippen LogP contribution in [0.2, 0.25) is 0 Å². The molecule has 0 radical (unpaired) electrons. The first-order valence-electron chi connectivity index (χ1n) is 12.1. The highest BCUT2D eigenvalue weighted by Crippen LogP contribution is 2.27. The van der Waals surface area contributed by atoms with Crippen LogP contribution in [0.1, 0.15) is 71.0 Å². The lowest BCUT2D eigenvalue weighted by Gasteiger charge is -2.33. The minimum absolute atomic E-state index is 0.0554. The van der Waals surface area contributed by atoms with Crippen LogP contribution in [0.3, 0.4) is 0 Å². The number of aryl methyl sites for hydroxylation is 1. The smallest absolute Gasteiger partial charge is 0.408 e. The van der Waals surface area contributed by atoms with Crippen molar-refractivity contribution in [1.29, 1.82) is 5.26 Å². The van der Waals surface area contributed by atoms with Gasteiger partial charge in [0.25, 0.3) is 0 Å². The number of ether oxygens (including phenoxy) is 1. The maximum Gasteiger partial charge on any atom is 0.408 e. The number of carbonyl (C=O) groups excluding carboxylic acids is 3. The molecule has 0 aliphatic heterocycles. The van der Waals surface area contributed by atoms with Gasteiger partial charge in [0.15, 0.2) is 0 Å². The zero-order chi connectivity index (χ0) is 27.5. The lowest BCUT2D eigenvalue weighted by Crippen LogP contribution is -2.54. The molecule has 0 heterocycles. The Balaban J connectivity index is 3.46. The zero-order valence-electron chi connectivity index (χ0n) is 22.4. The van der Waals surface area contributed by atoms with E-state index in [4.69, 9.17) is 4.74 Å². The van der Waals surface area contributed by atoms with Crippen molar-refractivity contribution >= 4 is 29.7 Å². The van der Waals surface area contributed by atoms with Crippen LogP contribution in [0.5, 0.6) is 5.75 Å². The van der Waals surface area contributed by atoms with E-state index in [2.05, 4.69) is 10.6 Å². The molecule has 1 aromatic rings. The van der Waals surface area contributed by atoms with Crippen molar-refractivity contribution in [3.8, 4) is 11.8 Å². The predicted octanol–water partition coefficient (Wildman–Crippen LogP) is 4.05. The van der Waals surface area contributed by atoms with E-state index in [1.165, 1.54) is 22.7 Å². The molecule has 0 saturated carbocycles. The van der Waals surface area contributed by atoms with Crippen molar-refractivity contribution in [3.05, 3.63) is 29.3 Å². The lowest BCUT2D eigenvalue weighted by atomic mass is 9.99. The number of carbonyl (C=O) groups is 3. The summed E-state index contributed by atoms with van der Waals surface area (Å²) in [4.78, 5) is 41.0. The molecule has 200 valence electrons. The number of alkyl carbamates (subject to hydrolysis) is 1. The average Bonchev–Trinajstić information content (AvgIpc) is 2.77. The van der Waals surface area contributed by atoms with Crippen LogP contribution < -0.4 is 10.6 Å². The van der Waals surface area contributed by atoms with Crippen molar-refractivity contribution in [2.45, 2.75) is 84.5 Å². The fourth-order valence-corrected chi connectivity index (χ4v) is 4.14. The highest BCUT2D eigenvalue weighted by Gasteiger charge is 2.36. The number of nitrogens with one attached hydrogen (secondary N) is 2. The van der Waals surface area contributed by atoms with Gasteiger partial charge in [-0.15, -0.1) is 0 Å². The lowest BCUT2D eigenvalue weighted by molar-refractivity contribution is -0.142. The third-order valence-corrected chi connectivity index (χ3v) is 5.97. The summed E-state index contributed by atoms with van der Waals surface area (Å²) in [6.07, 6.45) is 3.03. The molecule has 3 unspecified atom stereocenters. The van der Waals surface area contributed by atoms with E-state index in [9.17, 15) is 24.8 Å². The highest BCUT2D eigenvalue weighted by atomic mass is 32.2. The van der Waals surface area contributed by atoms with Crippen molar-refractivity contribution in [1.82, 2.24) is 15.5 Å². The van der Waals surface area contributed by atoms with Gasteiger partial charge in [-0.25, -0.2) is 4.79 Å². The Morgan fingerprint density at radius 1 is 1.22 bits per heavy atom. The second-order valence-electron chi connectivity index (χ2n) is 9.75. The summed E-state index contributed by atoms with van der Waals surface area (Å²) in [7, 11) is 0. The van der Waals surface area contributed by atoms with E-state index in [0.29, 0.717) is 16.9 Å². The van der Waals surface area contributed by atoms with Gasteiger partial charge in [0, 0.05) is 6.04 Å². The zero-order valence-corrected chi connectivity index (χ0v) is 23.2. The minimum atomic E-state index is -1.13. The van der Waals surface area contributed by atoms with Crippen molar-refractivity contribution in [2.75, 3.05) is 18.6 Å². The van der Waals surface area contributed by atoms with E-state index in [-0.39, 0.29) is 24.8 Å². The quantitative estimate of drug-likeness (QED) is 0.354. The molecule has 0 fully saturated rings. The molecule has 36 heavy (non-hydrogen) atoms. The highest BCUT2D eigenvalue weighted by molar-refractivity contribution is 7.98. The van der Waals surface area contributed by atoms with Crippen LogP contribution in [-0.2, 0) is 14.3 Å². The summed E-state index contributed by atoms with van der Waals surface area (Å²) in [5.74, 6) is -0.383. The number of nitriles is 1. The summed E-state index contributed by atoms with van der Waals surface area (Å²) in [6.45, 7) is 10.4. The summed E-state index contributed by atoms with van der Waals surface area (Å²) in [5.41, 5.74) is 0.225. The van der Waals surface area contributed by atoms with Gasteiger partial charge in [-0.1, -0.05) is 19.4 Å². The fraction of sp³-hybridized carbons (Fsp3) is 0.615. The molecule has 3 N–H and O–H groups in total. The molecule has 1 rings (SSSR count). The van der Waals surface area contributed by atoms with Crippen LogP contribution in [0, 0.1) is 18.3 Å². The van der Waals surface area contributed by atoms with Gasteiger partial charge in [-0.2, -0.15) is 17.0 Å². The van der Waals surface area contributed by atoms with Crippen LogP contribution >= 0.6 is 11.8 Å². The van der Waals surface area contributed by atoms with E-state index < -0.39 is 35.6 Å². The molecule has 10 heteroatoms. The molecule has 0 spiro atoms. The largest absolute Gasteiger partial charge is 0.508 e. The van der Waals surface area contributed by atoms with Crippen LogP contribution in [0.4, 0.5) is 4.79 Å². The second-order valence-corrected chi connectivity index (χ2v) is 10.7. The first-order valence-corrected chi connectivity index (χ1v) is 13.5. The third kappa shape index (κ3) is 9.97. The van der Waals surface area contributed by atoms with E-state index in [0.717, 1.165) is 12.8 Å². The first kappa shape index (κ1) is 31.1. The van der Waals surface area contributed by atoms with Crippen LogP contribution in [-0.4, -0.2) is 64.2 Å². The number of phenolic OH excluding ortho intramolecular Hbond substituents is 1. The Bertz CT molecular complexity index is 941. The van der Waals surface area contributed by atoms with Crippen LogP contribution in [0.25, 0.3) is 0 Å². The first-order chi connectivity index (χ1) is 16.8. The topological polar surface area (TPSA) is 132 Å². The number of aromatic hydroxyl groups is 1. The average molecular weight is 521 g/mol. The molecule has 3 amide bonds. The third-order valence-electron chi connectivity index (χ3n) is 5.33. The maximum atomic E-state index is 13.8. The molecule has 0 bridgehead atoms. The number of hydrogen-bond acceptors (Lipinski definition) is 7. The second kappa shape index (κ2) is 14.6. The fourth-order valence-electron chi connectivity index (χ4n) is 3.66. The van der Waals surface area contributed by atoms with E-state index in [1.54, 1.807) is 39.8 Å². The van der Waals surface area contributed by atoms with Gasteiger partial charge in [0.05, 0.1) is 6.07 Å². The molecule has 0 aliphatic carbocycles. The Hall–Kier alpha value is -2.93. The summed E-state index contributed by atoms with van der Waals surface area (Å²) in [6, 6.07) is 4.36. The predicted molar refractivity (Wildman–Crippen MR) is 142 cm³/mol. The number of benzene rings is 1. The number of nitrogens with zero attached hydrogens (tertiary/aromatic N) is 2. The van der Waals surface area contributed by atoms with E-state index >= 15 is 0 Å². The normalized spacial score (nSPS) is 13.6. The van der Waals surface area contributed by atoms with Gasteiger partial charge < -0.3 is 25.4 Å². The van der Waals surface area contributed by atoms with Crippen molar-refractivity contribution in [2.24, 2.45) is 0 Å². The molecule has 1 aromatic carbocycles. The monoisotopic (exact) mass is 520 g/mol. The summed E-state index contributed by atoms with van der Waals surface area (Å²) in [5, 5.41) is 25.2. The van der Waals surface area contributed by atoms with Crippen LogP contribution in [0.15, 0.2) is 18.2 Å². The standard InChI is InChI=1S/C26H40N4O5S/c1-8-9-18(3)28-23(32)22(19-10-11-21(31)17(2)16-19)30(14-13-27)24(33)20(12-15-36-7)29-25(34)35-26(4,5)6/h10-11,16,18,20,22,31H,8-9,12,14-15H2,1-7H3,(H,28,32)(H,29,34). The molecule has 9 nitrogen and oxygen atoms in total. The van der Waals surface area contributed by atoms with Gasteiger partial charge in [-0.3, -0.25) is 9.59 Å². The minimum Gasteiger partial charge on any atom is -0.508 e. The summed E-state index contributed by atoms with van der Waals surface area (Å²) < 4.78 is 5.34. The molecule has 0 aliphatic rings. The number of thioether (sulfide) groups is 1. The van der Waals surface area contributed by atoms with Crippen molar-refractivity contribution < 1.29 is 24.2 Å². The number of amides is 3. The molecule has 3 atom stereocenters. The molecular weight excluding hydrogens is 480 g/mol. The molecule has 0 aromatic heterocycles. The number of rotatable bonds is 12. The van der Waals surface area contributed by atoms with Crippen molar-refractivity contribution in [3.63, 3.8) is 0 Å². The van der Waals surface area contributed by atoms with E-state index in [1.807, 2.05) is 26.2 Å². The number of hydrogen-bond donors (Lipinski definition) is 3. The van der Waals surface area contributed by atoms with Gasteiger partial charge in [0.1, 0.15) is 30.0 Å². The van der Waals surface area contributed by atoms with Gasteiger partial charge in [0.2, 0.25) is 11.8 Å². The Labute approximate surface area is 218 Å². The maximum absolute atomic E-state index is 13.8. The molecular formula is C26H40N4O5S. The summed E-state index contributed by atoms with van der Waals surface area (Å²) >= 11 is 1.51. The number of phenols is 1. The Morgan fingerprint density at radius 2 is 1.89 bits per heavy atom. The van der Waals surface area contributed by atoms with Gasteiger partial charge in [-0.05, 0) is 82.7 Å². The Morgan fingerprint density at radius 3 is 2.42 bits per heavy atom. The Kier molecular flexibility index (Phi) is 12.6. The van der Waals surface area contributed by atoms with Gasteiger partial charge >= 0.3 is 6.09 Å². The molecule has 0 saturated heterocycles.